The zero-order valence-electron chi connectivity index (χ0n) is 9.63. The lowest BCUT2D eigenvalue weighted by atomic mass is 9.94. The maximum absolute atomic E-state index is 13.5. The van der Waals surface area contributed by atoms with Crippen LogP contribution in [0.15, 0.2) is 12.7 Å². The van der Waals surface area contributed by atoms with Gasteiger partial charge in [-0.25, -0.2) is 19.3 Å². The van der Waals surface area contributed by atoms with Gasteiger partial charge < -0.3 is 4.57 Å². The molecule has 0 unspecified atom stereocenters. The highest BCUT2D eigenvalue weighted by Gasteiger charge is 2.47. The molecule has 2 fully saturated rings. The van der Waals surface area contributed by atoms with Crippen LogP contribution in [0.25, 0.3) is 11.2 Å². The second-order valence-electron chi connectivity index (χ2n) is 5.30. The van der Waals surface area contributed by atoms with E-state index in [1.807, 2.05) is 0 Å². The van der Waals surface area contributed by atoms with Gasteiger partial charge in [-0.05, 0) is 31.1 Å². The van der Waals surface area contributed by atoms with E-state index in [1.165, 1.54) is 6.33 Å². The van der Waals surface area contributed by atoms with Gasteiger partial charge in [0.15, 0.2) is 10.8 Å². The van der Waals surface area contributed by atoms with Crippen molar-refractivity contribution in [1.29, 1.82) is 0 Å². The van der Waals surface area contributed by atoms with E-state index in [1.54, 1.807) is 6.33 Å². The normalized spacial score (nSPS) is 34.6. The lowest BCUT2D eigenvalue weighted by Crippen LogP contribution is -2.21. The fraction of sp³-hybridized carbons (Fsp3) is 0.583. The van der Waals surface area contributed by atoms with Crippen molar-refractivity contribution < 1.29 is 4.39 Å². The Balaban J connectivity index is 1.78. The van der Waals surface area contributed by atoms with Gasteiger partial charge in [0.1, 0.15) is 18.0 Å². The molecule has 4 rings (SSSR count). The summed E-state index contributed by atoms with van der Waals surface area (Å²) in [7, 11) is 0. The van der Waals surface area contributed by atoms with Crippen LogP contribution in [-0.4, -0.2) is 25.7 Å². The predicted octanol–water partition coefficient (Wildman–Crippen LogP) is 2.79. The van der Waals surface area contributed by atoms with Gasteiger partial charge in [-0.3, -0.25) is 0 Å². The first-order valence-corrected chi connectivity index (χ1v) is 6.59. The summed E-state index contributed by atoms with van der Waals surface area (Å²) < 4.78 is 15.6. The van der Waals surface area contributed by atoms with Gasteiger partial charge in [-0.1, -0.05) is 11.6 Å². The van der Waals surface area contributed by atoms with E-state index in [0.29, 0.717) is 29.1 Å². The van der Waals surface area contributed by atoms with E-state index in [9.17, 15) is 4.39 Å². The Kier molecular flexibility index (Phi) is 2.15. The SMILES string of the molecule is F[C@H]1C[C@H]2C[C@@H]1C[C@@H]2n1cnc2c(Cl)ncnc21. The molecule has 4 atom stereocenters. The van der Waals surface area contributed by atoms with Gasteiger partial charge in [-0.15, -0.1) is 0 Å². The summed E-state index contributed by atoms with van der Waals surface area (Å²) in [5.74, 6) is 0.630. The van der Waals surface area contributed by atoms with Gasteiger partial charge in [0.05, 0.1) is 6.33 Å². The highest BCUT2D eigenvalue weighted by atomic mass is 35.5. The zero-order valence-corrected chi connectivity index (χ0v) is 10.4. The largest absolute Gasteiger partial charge is 0.312 e. The van der Waals surface area contributed by atoms with Gasteiger partial charge >= 0.3 is 0 Å². The fourth-order valence-electron chi connectivity index (χ4n) is 3.58. The number of fused-ring (bicyclic) bond motifs is 3. The molecule has 0 aromatic carbocycles. The molecule has 0 saturated heterocycles. The van der Waals surface area contributed by atoms with Gasteiger partial charge in [-0.2, -0.15) is 0 Å². The molecule has 2 aliphatic rings. The van der Waals surface area contributed by atoms with Crippen molar-refractivity contribution in [1.82, 2.24) is 19.5 Å². The summed E-state index contributed by atoms with van der Waals surface area (Å²) >= 11 is 5.99. The molecule has 0 spiro atoms. The molecule has 2 aromatic rings. The summed E-state index contributed by atoms with van der Waals surface area (Å²) in [5.41, 5.74) is 1.40. The molecule has 94 valence electrons. The first-order valence-electron chi connectivity index (χ1n) is 6.21. The minimum absolute atomic E-state index is 0.217. The highest BCUT2D eigenvalue weighted by molar-refractivity contribution is 6.33. The molecule has 6 heteroatoms. The van der Waals surface area contributed by atoms with Crippen LogP contribution in [-0.2, 0) is 0 Å². The van der Waals surface area contributed by atoms with Crippen molar-refractivity contribution in [3.63, 3.8) is 0 Å². The molecule has 2 aliphatic carbocycles. The third kappa shape index (κ3) is 1.34. The molecule has 18 heavy (non-hydrogen) atoms. The van der Waals surface area contributed by atoms with Gasteiger partial charge in [0, 0.05) is 6.04 Å². The average molecular weight is 267 g/mol. The number of nitrogens with zero attached hydrogens (tertiary/aromatic N) is 4. The fourth-order valence-corrected chi connectivity index (χ4v) is 3.76. The van der Waals surface area contributed by atoms with E-state index >= 15 is 0 Å². The summed E-state index contributed by atoms with van der Waals surface area (Å²) in [6, 6.07) is 0.318. The number of hydrogen-bond acceptors (Lipinski definition) is 3. The standard InChI is InChI=1S/C12H12ClFN4/c13-11-10-12(16-4-15-11)18(5-17-10)9-3-6-1-7(9)2-8(6)14/h4-9H,1-3H2/t6-,7-,8+,9+/m1/s1. The first-order chi connectivity index (χ1) is 8.74. The molecular weight excluding hydrogens is 255 g/mol. The minimum atomic E-state index is -0.612. The lowest BCUT2D eigenvalue weighted by Gasteiger charge is -2.25. The van der Waals surface area contributed by atoms with Crippen molar-refractivity contribution >= 4 is 22.8 Å². The second kappa shape index (κ2) is 3.63. The maximum Gasteiger partial charge on any atom is 0.165 e. The lowest BCUT2D eigenvalue weighted by molar-refractivity contribution is 0.195. The first kappa shape index (κ1) is 10.7. The Morgan fingerprint density at radius 3 is 2.78 bits per heavy atom. The van der Waals surface area contributed by atoms with Gasteiger partial charge in [0.2, 0.25) is 0 Å². The van der Waals surface area contributed by atoms with E-state index in [0.717, 1.165) is 18.5 Å². The van der Waals surface area contributed by atoms with Crippen molar-refractivity contribution in [3.05, 3.63) is 17.8 Å². The van der Waals surface area contributed by atoms with Crippen molar-refractivity contribution in [2.45, 2.75) is 31.5 Å². The molecule has 2 aromatic heterocycles. The third-order valence-corrected chi connectivity index (χ3v) is 4.68. The van der Waals surface area contributed by atoms with E-state index in [4.69, 9.17) is 11.6 Å². The summed E-state index contributed by atoms with van der Waals surface area (Å²) in [6.07, 6.45) is 5.16. The molecule has 2 saturated carbocycles. The number of rotatable bonds is 1. The number of halogens is 2. The average Bonchev–Trinajstić information content (AvgIpc) is 3.00. The van der Waals surface area contributed by atoms with Crippen molar-refractivity contribution in [2.75, 3.05) is 0 Å². The molecule has 0 N–H and O–H groups in total. The molecule has 2 bridgehead atoms. The quantitative estimate of drug-likeness (QED) is 0.746. The smallest absolute Gasteiger partial charge is 0.165 e. The predicted molar refractivity (Wildman–Crippen MR) is 65.1 cm³/mol. The summed E-state index contributed by atoms with van der Waals surface area (Å²) in [6.45, 7) is 0. The zero-order chi connectivity index (χ0) is 12.3. The van der Waals surface area contributed by atoms with Crippen molar-refractivity contribution in [3.8, 4) is 0 Å². The van der Waals surface area contributed by atoms with Crippen LogP contribution in [0.3, 0.4) is 0 Å². The van der Waals surface area contributed by atoms with Crippen molar-refractivity contribution in [2.24, 2.45) is 11.8 Å². The van der Waals surface area contributed by atoms with Crippen LogP contribution >= 0.6 is 11.6 Å². The van der Waals surface area contributed by atoms with Crippen LogP contribution in [0.2, 0.25) is 5.15 Å². The van der Waals surface area contributed by atoms with Crippen LogP contribution < -0.4 is 0 Å². The Morgan fingerprint density at radius 1 is 1.17 bits per heavy atom. The Bertz CT molecular complexity index is 611. The molecule has 2 heterocycles. The number of hydrogen-bond donors (Lipinski definition) is 0. The van der Waals surface area contributed by atoms with E-state index in [-0.39, 0.29) is 5.92 Å². The topological polar surface area (TPSA) is 43.6 Å². The molecule has 4 nitrogen and oxygen atoms in total. The maximum atomic E-state index is 13.5. The number of aromatic nitrogens is 4. The Morgan fingerprint density at radius 2 is 2.06 bits per heavy atom. The molecule has 0 radical (unpaired) electrons. The number of alkyl halides is 1. The van der Waals surface area contributed by atoms with Crippen LogP contribution in [0.1, 0.15) is 25.3 Å². The highest BCUT2D eigenvalue weighted by Crippen LogP contribution is 2.52. The van der Waals surface area contributed by atoms with Crippen LogP contribution in [0.5, 0.6) is 0 Å². The molecular formula is C12H12ClFN4. The van der Waals surface area contributed by atoms with Gasteiger partial charge in [0.25, 0.3) is 0 Å². The van der Waals surface area contributed by atoms with E-state index in [2.05, 4.69) is 19.5 Å². The number of imidazole rings is 1. The monoisotopic (exact) mass is 266 g/mol. The van der Waals surface area contributed by atoms with E-state index < -0.39 is 6.17 Å². The van der Waals surface area contributed by atoms with Crippen LogP contribution in [0, 0.1) is 11.8 Å². The minimum Gasteiger partial charge on any atom is -0.312 e. The molecule has 0 amide bonds. The third-order valence-electron chi connectivity index (χ3n) is 4.40. The molecule has 0 aliphatic heterocycles. The summed E-state index contributed by atoms with van der Waals surface area (Å²) in [4.78, 5) is 12.5. The second-order valence-corrected chi connectivity index (χ2v) is 5.66. The van der Waals surface area contributed by atoms with Crippen LogP contribution in [0.4, 0.5) is 4.39 Å². The Hall–Kier alpha value is -1.23. The Labute approximate surface area is 108 Å². The summed E-state index contributed by atoms with van der Waals surface area (Å²) in [5, 5.41) is 0.380.